The monoisotopic (exact) mass is 391 g/mol. The quantitative estimate of drug-likeness (QED) is 0.391. The molecule has 1 aliphatic heterocycles. The number of imide groups is 1. The molecule has 0 saturated carbocycles. The van der Waals surface area contributed by atoms with Crippen LogP contribution in [0, 0.1) is 0 Å². The largest absolute Gasteiger partial charge is 0.286 e. The number of aryl methyl sites for hydroxylation is 1. The number of carbonyl (C=O) groups is 2. The Morgan fingerprint density at radius 2 is 1.68 bits per heavy atom. The molecule has 0 radical (unpaired) electrons. The number of hydroxylamine groups is 2. The highest BCUT2D eigenvalue weighted by Gasteiger charge is 2.34. The summed E-state index contributed by atoms with van der Waals surface area (Å²) in [6, 6.07) is 19.4. The molecule has 1 aliphatic rings. The highest BCUT2D eigenvalue weighted by atomic mass is 32.2. The Morgan fingerprint density at radius 1 is 0.893 bits per heavy atom. The first-order valence-corrected chi connectivity index (χ1v) is 10.4. The Bertz CT molecular complexity index is 1030. The predicted molar refractivity (Wildman–Crippen MR) is 112 cm³/mol. The lowest BCUT2D eigenvalue weighted by molar-refractivity contribution is -0.00761. The van der Waals surface area contributed by atoms with E-state index in [1.165, 1.54) is 0 Å². The average Bonchev–Trinajstić information content (AvgIpc) is 2.73. The Balaban J connectivity index is 1.62. The summed E-state index contributed by atoms with van der Waals surface area (Å²) < 4.78 is 5.57. The number of unbranched alkanes of at least 4 members (excludes halogenated alkanes) is 1. The van der Waals surface area contributed by atoms with Crippen LogP contribution in [0.1, 0.15) is 51.6 Å². The van der Waals surface area contributed by atoms with Crippen molar-refractivity contribution in [3.63, 3.8) is 0 Å². The Morgan fingerprint density at radius 3 is 2.46 bits per heavy atom. The van der Waals surface area contributed by atoms with Crippen LogP contribution in [0.15, 0.2) is 60.7 Å². The van der Waals surface area contributed by atoms with Crippen molar-refractivity contribution in [1.29, 1.82) is 0 Å². The summed E-state index contributed by atoms with van der Waals surface area (Å²) >= 11 is 1.09. The predicted octanol–water partition coefficient (Wildman–Crippen LogP) is 5.56. The number of rotatable bonds is 7. The molecule has 0 bridgehead atoms. The summed E-state index contributed by atoms with van der Waals surface area (Å²) in [6.45, 7) is 2.15. The van der Waals surface area contributed by atoms with Crippen LogP contribution in [0.2, 0.25) is 0 Å². The molecule has 0 unspecified atom stereocenters. The molecule has 0 saturated heterocycles. The van der Waals surface area contributed by atoms with Gasteiger partial charge in [-0.15, -0.1) is 5.06 Å². The van der Waals surface area contributed by atoms with E-state index in [-0.39, 0.29) is 0 Å². The van der Waals surface area contributed by atoms with Gasteiger partial charge in [0.05, 0.1) is 11.1 Å². The summed E-state index contributed by atoms with van der Waals surface area (Å²) in [5.74, 6) is -0.261. The molecule has 0 N–H and O–H groups in total. The zero-order chi connectivity index (χ0) is 19.5. The van der Waals surface area contributed by atoms with E-state index in [1.54, 1.807) is 6.07 Å². The minimum absolute atomic E-state index is 0.396. The normalized spacial score (nSPS) is 13.4. The number of amides is 2. The van der Waals surface area contributed by atoms with Crippen molar-refractivity contribution in [3.8, 4) is 0 Å². The highest BCUT2D eigenvalue weighted by molar-refractivity contribution is 7.93. The summed E-state index contributed by atoms with van der Waals surface area (Å²) in [4.78, 5) is 25.9. The molecule has 3 aromatic rings. The molecule has 5 heteroatoms. The second-order valence-electron chi connectivity index (χ2n) is 6.88. The van der Waals surface area contributed by atoms with Gasteiger partial charge in [0.1, 0.15) is 0 Å². The lowest BCUT2D eigenvalue weighted by Gasteiger charge is -2.25. The van der Waals surface area contributed by atoms with Gasteiger partial charge in [-0.2, -0.15) is 4.28 Å². The van der Waals surface area contributed by atoms with E-state index in [1.807, 2.05) is 48.5 Å². The van der Waals surface area contributed by atoms with E-state index in [0.717, 1.165) is 58.3 Å². The maximum atomic E-state index is 13.0. The Kier molecular flexibility index (Phi) is 5.46. The number of hydrogen-bond donors (Lipinski definition) is 0. The fourth-order valence-corrected chi connectivity index (χ4v) is 4.08. The number of hydrogen-bond acceptors (Lipinski definition) is 4. The molecule has 0 fully saturated rings. The molecule has 1 heterocycles. The van der Waals surface area contributed by atoms with Crippen molar-refractivity contribution in [2.75, 3.05) is 0 Å². The first-order chi connectivity index (χ1) is 13.7. The van der Waals surface area contributed by atoms with Crippen LogP contribution < -0.4 is 0 Å². The van der Waals surface area contributed by atoms with Crippen LogP contribution in [0.4, 0.5) is 0 Å². The summed E-state index contributed by atoms with van der Waals surface area (Å²) in [5.41, 5.74) is 3.23. The first kappa shape index (κ1) is 18.7. The summed E-state index contributed by atoms with van der Waals surface area (Å²) in [6.07, 6.45) is 3.06. The van der Waals surface area contributed by atoms with Gasteiger partial charge in [0.25, 0.3) is 11.8 Å². The first-order valence-electron chi connectivity index (χ1n) is 9.47. The topological polar surface area (TPSA) is 46.6 Å². The molecule has 28 heavy (non-hydrogen) atoms. The molecule has 0 atom stereocenters. The van der Waals surface area contributed by atoms with E-state index in [4.69, 9.17) is 4.28 Å². The van der Waals surface area contributed by atoms with Gasteiger partial charge in [-0.25, -0.2) is 0 Å². The average molecular weight is 391 g/mol. The van der Waals surface area contributed by atoms with Crippen LogP contribution in [0.3, 0.4) is 0 Å². The molecule has 4 rings (SSSR count). The van der Waals surface area contributed by atoms with E-state index >= 15 is 0 Å². The van der Waals surface area contributed by atoms with Crippen molar-refractivity contribution in [2.45, 2.75) is 31.9 Å². The molecular formula is C23H21NO3S. The second-order valence-corrected chi connectivity index (χ2v) is 7.55. The van der Waals surface area contributed by atoms with Crippen LogP contribution in [-0.2, 0) is 16.5 Å². The Labute approximate surface area is 168 Å². The van der Waals surface area contributed by atoms with Gasteiger partial charge in [0, 0.05) is 23.2 Å². The van der Waals surface area contributed by atoms with Gasteiger partial charge in [-0.1, -0.05) is 61.9 Å². The van der Waals surface area contributed by atoms with Gasteiger partial charge in [-0.05, 0) is 41.5 Å². The van der Waals surface area contributed by atoms with Crippen LogP contribution in [-0.4, -0.2) is 16.9 Å². The van der Waals surface area contributed by atoms with Crippen molar-refractivity contribution >= 4 is 34.6 Å². The zero-order valence-corrected chi connectivity index (χ0v) is 16.5. The third-order valence-electron chi connectivity index (χ3n) is 4.88. The second kappa shape index (κ2) is 8.17. The minimum atomic E-state index is -0.412. The number of benzene rings is 3. The zero-order valence-electron chi connectivity index (χ0n) is 15.7. The van der Waals surface area contributed by atoms with E-state index in [2.05, 4.69) is 13.0 Å². The van der Waals surface area contributed by atoms with Gasteiger partial charge in [-0.3, -0.25) is 9.59 Å². The van der Waals surface area contributed by atoms with E-state index in [0.29, 0.717) is 16.9 Å². The van der Waals surface area contributed by atoms with Crippen molar-refractivity contribution in [1.82, 2.24) is 5.06 Å². The summed E-state index contributed by atoms with van der Waals surface area (Å²) in [7, 11) is 0. The third kappa shape index (κ3) is 3.55. The minimum Gasteiger partial charge on any atom is -0.266 e. The standard InChI is InChI=1S/C23H21NO3S/c1-2-3-8-17-13-18-11-7-12-19-21(18)20(14-17)23(26)24(22(19)25)27-28-15-16-9-5-4-6-10-16/h4-7,9-14H,2-3,8,15H2,1H3. The van der Waals surface area contributed by atoms with Gasteiger partial charge in [0.15, 0.2) is 0 Å². The lowest BCUT2D eigenvalue weighted by atomic mass is 9.92. The SMILES string of the molecule is CCCCc1cc2c3c(cccc3c1)C(=O)N(OSCc1ccccc1)C2=O. The molecule has 4 nitrogen and oxygen atoms in total. The van der Waals surface area contributed by atoms with Crippen LogP contribution >= 0.6 is 12.0 Å². The van der Waals surface area contributed by atoms with Gasteiger partial charge >= 0.3 is 0 Å². The summed E-state index contributed by atoms with van der Waals surface area (Å²) in [5, 5.41) is 2.55. The molecule has 0 aromatic heterocycles. The molecule has 2 amide bonds. The Hall–Kier alpha value is -2.63. The third-order valence-corrected chi connectivity index (χ3v) is 5.59. The van der Waals surface area contributed by atoms with Gasteiger partial charge < -0.3 is 0 Å². The van der Waals surface area contributed by atoms with E-state index < -0.39 is 11.8 Å². The lowest BCUT2D eigenvalue weighted by Crippen LogP contribution is -2.38. The van der Waals surface area contributed by atoms with Crippen molar-refractivity contribution in [3.05, 3.63) is 82.9 Å². The van der Waals surface area contributed by atoms with Crippen LogP contribution in [0.5, 0.6) is 0 Å². The molecule has 0 aliphatic carbocycles. The smallest absolute Gasteiger partial charge is 0.266 e. The molecule has 3 aromatic carbocycles. The van der Waals surface area contributed by atoms with Crippen molar-refractivity contribution in [2.24, 2.45) is 0 Å². The van der Waals surface area contributed by atoms with Crippen LogP contribution in [0.25, 0.3) is 10.8 Å². The maximum Gasteiger partial charge on any atom is 0.286 e. The molecule has 142 valence electrons. The fourth-order valence-electron chi connectivity index (χ4n) is 3.46. The van der Waals surface area contributed by atoms with Gasteiger partial charge in [0.2, 0.25) is 0 Å². The highest BCUT2D eigenvalue weighted by Crippen LogP contribution is 2.33. The number of carbonyl (C=O) groups excluding carboxylic acids is 2. The van der Waals surface area contributed by atoms with Crippen molar-refractivity contribution < 1.29 is 13.9 Å². The van der Waals surface area contributed by atoms with E-state index in [9.17, 15) is 9.59 Å². The fraction of sp³-hybridized carbons (Fsp3) is 0.217. The number of nitrogens with zero attached hydrogens (tertiary/aromatic N) is 1. The maximum absolute atomic E-state index is 13.0. The molecular weight excluding hydrogens is 370 g/mol. The molecule has 0 spiro atoms.